The van der Waals surface area contributed by atoms with Gasteiger partial charge in [0.2, 0.25) is 0 Å². The van der Waals surface area contributed by atoms with E-state index in [1.165, 1.54) is 12.1 Å². The first-order valence-electron chi connectivity index (χ1n) is 10.7. The molecule has 2 atom stereocenters. The number of alkyl halides is 3. The Bertz CT molecular complexity index is 1120. The molecule has 0 saturated carbocycles. The SMILES string of the molecule is C[C@@]1([C@@H](NC(=O)c2cccc(C(F)(F)F)c2Cl)c2cccc(-c3ccco3)c2)CCCCN1. The largest absolute Gasteiger partial charge is 0.464 e. The van der Waals surface area contributed by atoms with Gasteiger partial charge >= 0.3 is 6.18 Å². The number of benzene rings is 2. The first kappa shape index (κ1) is 23.4. The van der Waals surface area contributed by atoms with Gasteiger partial charge in [-0.25, -0.2) is 0 Å². The number of rotatable bonds is 5. The second-order valence-corrected chi connectivity index (χ2v) is 8.85. The second kappa shape index (κ2) is 9.23. The Morgan fingerprint density at radius 2 is 1.94 bits per heavy atom. The van der Waals surface area contributed by atoms with Crippen LogP contribution in [0.1, 0.15) is 53.7 Å². The van der Waals surface area contributed by atoms with Crippen molar-refractivity contribution in [3.63, 3.8) is 0 Å². The molecule has 8 heteroatoms. The number of hydrogen-bond donors (Lipinski definition) is 2. The molecule has 4 rings (SSSR count). The molecule has 2 heterocycles. The average molecular weight is 477 g/mol. The molecule has 1 amide bonds. The van der Waals surface area contributed by atoms with E-state index in [0.29, 0.717) is 5.76 Å². The first-order valence-corrected chi connectivity index (χ1v) is 11.1. The third kappa shape index (κ3) is 4.94. The highest BCUT2D eigenvalue weighted by molar-refractivity contribution is 6.34. The van der Waals surface area contributed by atoms with Gasteiger partial charge in [0.15, 0.2) is 0 Å². The van der Waals surface area contributed by atoms with Crippen LogP contribution in [0, 0.1) is 0 Å². The number of hydrogen-bond acceptors (Lipinski definition) is 3. The van der Waals surface area contributed by atoms with Gasteiger partial charge < -0.3 is 15.1 Å². The third-order valence-corrected chi connectivity index (χ3v) is 6.55. The van der Waals surface area contributed by atoms with Gasteiger partial charge in [-0.3, -0.25) is 4.79 Å². The molecule has 33 heavy (non-hydrogen) atoms. The number of amides is 1. The van der Waals surface area contributed by atoms with Crippen molar-refractivity contribution in [2.75, 3.05) is 6.54 Å². The summed E-state index contributed by atoms with van der Waals surface area (Å²) in [4.78, 5) is 13.2. The van der Waals surface area contributed by atoms with E-state index in [9.17, 15) is 18.0 Å². The lowest BCUT2D eigenvalue weighted by molar-refractivity contribution is -0.137. The van der Waals surface area contributed by atoms with Crippen LogP contribution >= 0.6 is 11.6 Å². The van der Waals surface area contributed by atoms with Crippen molar-refractivity contribution in [1.29, 1.82) is 0 Å². The second-order valence-electron chi connectivity index (χ2n) is 8.48. The molecule has 3 aromatic rings. The summed E-state index contributed by atoms with van der Waals surface area (Å²) in [6, 6.07) is 14.1. The van der Waals surface area contributed by atoms with Crippen molar-refractivity contribution in [3.05, 3.63) is 82.6 Å². The Morgan fingerprint density at radius 3 is 2.61 bits per heavy atom. The lowest BCUT2D eigenvalue weighted by Gasteiger charge is -2.42. The summed E-state index contributed by atoms with van der Waals surface area (Å²) in [5.74, 6) is 0.0257. The predicted molar refractivity (Wildman–Crippen MR) is 121 cm³/mol. The van der Waals surface area contributed by atoms with E-state index in [2.05, 4.69) is 10.6 Å². The van der Waals surface area contributed by atoms with Crippen molar-refractivity contribution in [2.45, 2.75) is 43.9 Å². The smallest absolute Gasteiger partial charge is 0.417 e. The van der Waals surface area contributed by atoms with Gasteiger partial charge in [0, 0.05) is 11.1 Å². The third-order valence-electron chi connectivity index (χ3n) is 6.14. The zero-order valence-electron chi connectivity index (χ0n) is 18.0. The van der Waals surface area contributed by atoms with Crippen molar-refractivity contribution in [3.8, 4) is 11.3 Å². The van der Waals surface area contributed by atoms with Crippen LogP contribution in [0.2, 0.25) is 5.02 Å². The van der Waals surface area contributed by atoms with Gasteiger partial charge in [-0.1, -0.05) is 42.3 Å². The highest BCUT2D eigenvalue weighted by Crippen LogP contribution is 2.38. The quantitative estimate of drug-likeness (QED) is 0.435. The summed E-state index contributed by atoms with van der Waals surface area (Å²) in [6.07, 6.45) is -0.290. The fourth-order valence-corrected chi connectivity index (χ4v) is 4.70. The van der Waals surface area contributed by atoms with Crippen LogP contribution in [0.3, 0.4) is 0 Å². The zero-order chi connectivity index (χ0) is 23.6. The van der Waals surface area contributed by atoms with Crippen LogP contribution in [-0.4, -0.2) is 18.0 Å². The van der Waals surface area contributed by atoms with Crippen LogP contribution in [-0.2, 0) is 6.18 Å². The summed E-state index contributed by atoms with van der Waals surface area (Å²) in [5.41, 5.74) is -0.0807. The van der Waals surface area contributed by atoms with Gasteiger partial charge in [0.25, 0.3) is 5.91 Å². The summed E-state index contributed by atoms with van der Waals surface area (Å²) in [7, 11) is 0. The van der Waals surface area contributed by atoms with Crippen molar-refractivity contribution >= 4 is 17.5 Å². The van der Waals surface area contributed by atoms with E-state index in [4.69, 9.17) is 16.0 Å². The molecule has 1 aromatic heterocycles. The Kier molecular flexibility index (Phi) is 6.54. The molecule has 1 saturated heterocycles. The average Bonchev–Trinajstić information content (AvgIpc) is 3.32. The monoisotopic (exact) mass is 476 g/mol. The highest BCUT2D eigenvalue weighted by Gasteiger charge is 2.39. The Morgan fingerprint density at radius 1 is 1.15 bits per heavy atom. The minimum Gasteiger partial charge on any atom is -0.464 e. The molecule has 0 unspecified atom stereocenters. The molecular weight excluding hydrogens is 453 g/mol. The maximum absolute atomic E-state index is 13.3. The van der Waals surface area contributed by atoms with Crippen molar-refractivity contribution in [2.24, 2.45) is 0 Å². The minimum atomic E-state index is -4.65. The molecule has 4 nitrogen and oxygen atoms in total. The van der Waals surface area contributed by atoms with E-state index >= 15 is 0 Å². The van der Waals surface area contributed by atoms with E-state index < -0.39 is 34.3 Å². The van der Waals surface area contributed by atoms with E-state index in [-0.39, 0.29) is 5.56 Å². The summed E-state index contributed by atoms with van der Waals surface area (Å²) >= 11 is 6.02. The molecule has 2 aromatic carbocycles. The van der Waals surface area contributed by atoms with Crippen molar-refractivity contribution in [1.82, 2.24) is 10.6 Å². The number of furan rings is 1. The summed E-state index contributed by atoms with van der Waals surface area (Å²) < 4.78 is 45.5. The topological polar surface area (TPSA) is 54.3 Å². The predicted octanol–water partition coefficient (Wildman–Crippen LogP) is 6.62. The standard InChI is InChI=1S/C25H24ClF3N2O2/c1-24(12-2-3-13-30-24)22(17-8-4-7-16(15-17)20-11-6-14-33-20)31-23(32)18-9-5-10-19(21(18)26)25(27,28)29/h4-11,14-15,22,30H,2-3,12-13H2,1H3,(H,31,32)/t22-,24-/m0/s1. The highest BCUT2D eigenvalue weighted by atomic mass is 35.5. The first-order chi connectivity index (χ1) is 15.7. The number of piperidine rings is 1. The maximum Gasteiger partial charge on any atom is 0.417 e. The van der Waals surface area contributed by atoms with Crippen LogP contribution in [0.15, 0.2) is 65.3 Å². The molecule has 1 aliphatic rings. The minimum absolute atomic E-state index is 0.210. The molecule has 1 fully saturated rings. The summed E-state index contributed by atoms with van der Waals surface area (Å²) in [6.45, 7) is 2.80. The number of carbonyl (C=O) groups excluding carboxylic acids is 1. The molecule has 0 bridgehead atoms. The van der Waals surface area contributed by atoms with Crippen molar-refractivity contribution < 1.29 is 22.4 Å². The van der Waals surface area contributed by atoms with E-state index in [1.807, 2.05) is 37.3 Å². The number of halogens is 4. The maximum atomic E-state index is 13.3. The van der Waals surface area contributed by atoms with E-state index in [1.54, 1.807) is 12.3 Å². The van der Waals surface area contributed by atoms with Gasteiger partial charge in [-0.05, 0) is 62.2 Å². The zero-order valence-corrected chi connectivity index (χ0v) is 18.8. The van der Waals surface area contributed by atoms with Gasteiger partial charge in [-0.2, -0.15) is 13.2 Å². The lowest BCUT2D eigenvalue weighted by Crippen LogP contribution is -2.55. The molecule has 0 spiro atoms. The Hall–Kier alpha value is -2.77. The van der Waals surface area contributed by atoms with Gasteiger partial charge in [-0.15, -0.1) is 0 Å². The van der Waals surface area contributed by atoms with Crippen LogP contribution in [0.25, 0.3) is 11.3 Å². The fraction of sp³-hybridized carbons (Fsp3) is 0.320. The Balaban J connectivity index is 1.72. The number of carbonyl (C=O) groups is 1. The summed E-state index contributed by atoms with van der Waals surface area (Å²) in [5, 5.41) is 5.87. The lowest BCUT2D eigenvalue weighted by atomic mass is 9.80. The van der Waals surface area contributed by atoms with E-state index in [0.717, 1.165) is 43.0 Å². The molecule has 174 valence electrons. The molecule has 1 aliphatic heterocycles. The van der Waals surface area contributed by atoms with Gasteiger partial charge in [0.1, 0.15) is 5.76 Å². The van der Waals surface area contributed by atoms with Crippen LogP contribution < -0.4 is 10.6 Å². The molecular formula is C25H24ClF3N2O2. The van der Waals surface area contributed by atoms with Crippen LogP contribution in [0.4, 0.5) is 13.2 Å². The molecule has 0 radical (unpaired) electrons. The molecule has 0 aliphatic carbocycles. The number of nitrogens with one attached hydrogen (secondary N) is 2. The fourth-order valence-electron chi connectivity index (χ4n) is 4.39. The normalized spacial score (nSPS) is 19.8. The van der Waals surface area contributed by atoms with Crippen LogP contribution in [0.5, 0.6) is 0 Å². The van der Waals surface area contributed by atoms with Gasteiger partial charge in [0.05, 0.1) is 28.5 Å². The Labute approximate surface area is 195 Å². The molecule has 2 N–H and O–H groups in total.